The highest BCUT2D eigenvalue weighted by atomic mass is 16.5. The van der Waals surface area contributed by atoms with E-state index in [4.69, 9.17) is 9.84 Å². The highest BCUT2D eigenvalue weighted by Gasteiger charge is 2.25. The van der Waals surface area contributed by atoms with Crippen LogP contribution in [0.1, 0.15) is 33.6 Å². The van der Waals surface area contributed by atoms with E-state index in [-0.39, 0.29) is 24.8 Å². The van der Waals surface area contributed by atoms with Crippen molar-refractivity contribution in [2.75, 3.05) is 13.7 Å². The van der Waals surface area contributed by atoms with E-state index in [0.29, 0.717) is 6.61 Å². The Morgan fingerprint density at radius 3 is 2.38 bits per heavy atom. The highest BCUT2D eigenvalue weighted by molar-refractivity contribution is 5.78. The van der Waals surface area contributed by atoms with Crippen molar-refractivity contribution in [3.8, 4) is 0 Å². The van der Waals surface area contributed by atoms with E-state index >= 15 is 0 Å². The maximum absolute atomic E-state index is 11.6. The number of carboxylic acid groups (broad SMARTS) is 1. The maximum Gasteiger partial charge on any atom is 0.303 e. The predicted octanol–water partition coefficient (Wildman–Crippen LogP) is 1.03. The Hall–Kier alpha value is -1.10. The smallest absolute Gasteiger partial charge is 0.303 e. The number of amides is 1. The van der Waals surface area contributed by atoms with Crippen LogP contribution in [-0.4, -0.2) is 36.7 Å². The van der Waals surface area contributed by atoms with Gasteiger partial charge in [0.1, 0.15) is 0 Å². The van der Waals surface area contributed by atoms with Crippen LogP contribution in [0.5, 0.6) is 0 Å². The molecule has 0 aliphatic rings. The summed E-state index contributed by atoms with van der Waals surface area (Å²) in [7, 11) is 1.57. The standard InChI is InChI=1S/C11H21NO4/c1-8(7-16-4)12-9(13)5-11(2,3)6-10(14)15/h8H,5-7H2,1-4H3,(H,12,13)(H,14,15). The number of rotatable bonds is 7. The molecule has 0 saturated heterocycles. The number of methoxy groups -OCH3 is 1. The van der Waals surface area contributed by atoms with E-state index in [9.17, 15) is 9.59 Å². The third-order valence-corrected chi connectivity index (χ3v) is 2.09. The van der Waals surface area contributed by atoms with Gasteiger partial charge in [-0.05, 0) is 12.3 Å². The molecule has 0 aliphatic heterocycles. The summed E-state index contributed by atoms with van der Waals surface area (Å²) in [5.41, 5.74) is -0.525. The van der Waals surface area contributed by atoms with Gasteiger partial charge in [-0.1, -0.05) is 13.8 Å². The van der Waals surface area contributed by atoms with Crippen LogP contribution >= 0.6 is 0 Å². The molecule has 0 bridgehead atoms. The first kappa shape index (κ1) is 14.9. The van der Waals surface area contributed by atoms with Gasteiger partial charge in [-0.15, -0.1) is 0 Å². The van der Waals surface area contributed by atoms with Gasteiger partial charge < -0.3 is 15.2 Å². The Kier molecular flexibility index (Phi) is 6.03. The topological polar surface area (TPSA) is 75.6 Å². The molecule has 2 N–H and O–H groups in total. The van der Waals surface area contributed by atoms with E-state index in [2.05, 4.69) is 5.32 Å². The maximum atomic E-state index is 11.6. The molecule has 1 atom stereocenters. The van der Waals surface area contributed by atoms with Crippen molar-refractivity contribution in [3.05, 3.63) is 0 Å². The van der Waals surface area contributed by atoms with Gasteiger partial charge in [-0.2, -0.15) is 0 Å². The van der Waals surface area contributed by atoms with Gasteiger partial charge in [0.05, 0.1) is 13.0 Å². The fourth-order valence-electron chi connectivity index (χ4n) is 1.52. The van der Waals surface area contributed by atoms with Gasteiger partial charge in [-0.25, -0.2) is 0 Å². The summed E-state index contributed by atoms with van der Waals surface area (Å²) in [5.74, 6) is -1.03. The van der Waals surface area contributed by atoms with Gasteiger partial charge in [0.25, 0.3) is 0 Å². The van der Waals surface area contributed by atoms with Gasteiger partial charge in [0, 0.05) is 19.6 Å². The zero-order chi connectivity index (χ0) is 12.8. The summed E-state index contributed by atoms with van der Waals surface area (Å²) in [4.78, 5) is 22.1. The molecule has 0 spiro atoms. The number of ether oxygens (including phenoxy) is 1. The molecule has 0 heterocycles. The minimum absolute atomic E-state index is 0.0148. The van der Waals surface area contributed by atoms with Crippen molar-refractivity contribution in [3.63, 3.8) is 0 Å². The highest BCUT2D eigenvalue weighted by Crippen LogP contribution is 2.24. The Labute approximate surface area is 96.2 Å². The number of carbonyl (C=O) groups is 2. The summed E-state index contributed by atoms with van der Waals surface area (Å²) in [5, 5.41) is 11.4. The molecule has 94 valence electrons. The molecule has 0 radical (unpaired) electrons. The minimum atomic E-state index is -0.886. The van der Waals surface area contributed by atoms with E-state index in [1.807, 2.05) is 6.92 Å². The van der Waals surface area contributed by atoms with E-state index in [0.717, 1.165) is 0 Å². The van der Waals surface area contributed by atoms with Gasteiger partial charge >= 0.3 is 5.97 Å². The number of aliphatic carboxylic acids is 1. The lowest BCUT2D eigenvalue weighted by Crippen LogP contribution is -2.38. The van der Waals surface area contributed by atoms with Crippen LogP contribution < -0.4 is 5.32 Å². The van der Waals surface area contributed by atoms with Crippen LogP contribution in [0.15, 0.2) is 0 Å². The third-order valence-electron chi connectivity index (χ3n) is 2.09. The molecular formula is C11H21NO4. The third kappa shape index (κ3) is 7.23. The molecule has 0 saturated carbocycles. The molecular weight excluding hydrogens is 210 g/mol. The van der Waals surface area contributed by atoms with Gasteiger partial charge in [-0.3, -0.25) is 9.59 Å². The van der Waals surface area contributed by atoms with Crippen LogP contribution in [-0.2, 0) is 14.3 Å². The summed E-state index contributed by atoms with van der Waals surface area (Å²) < 4.78 is 4.89. The van der Waals surface area contributed by atoms with Gasteiger partial charge in [0.15, 0.2) is 0 Å². The number of hydrogen-bond acceptors (Lipinski definition) is 3. The fourth-order valence-corrected chi connectivity index (χ4v) is 1.52. The predicted molar refractivity (Wildman–Crippen MR) is 60.1 cm³/mol. The molecule has 0 aromatic carbocycles. The van der Waals surface area contributed by atoms with Crippen LogP contribution in [0.3, 0.4) is 0 Å². The number of nitrogens with one attached hydrogen (secondary N) is 1. The average molecular weight is 231 g/mol. The van der Waals surface area contributed by atoms with Crippen LogP contribution in [0.2, 0.25) is 0 Å². The normalized spacial score (nSPS) is 13.2. The summed E-state index contributed by atoms with van der Waals surface area (Å²) in [6.45, 7) is 5.82. The molecule has 5 nitrogen and oxygen atoms in total. The first-order chi connectivity index (χ1) is 7.26. The Bertz CT molecular complexity index is 250. The Balaban J connectivity index is 4.07. The quantitative estimate of drug-likeness (QED) is 0.686. The van der Waals surface area contributed by atoms with Crippen molar-refractivity contribution < 1.29 is 19.4 Å². The van der Waals surface area contributed by atoms with Crippen molar-refractivity contribution in [2.45, 2.75) is 39.7 Å². The first-order valence-electron chi connectivity index (χ1n) is 5.27. The Morgan fingerprint density at radius 2 is 1.94 bits per heavy atom. The monoisotopic (exact) mass is 231 g/mol. The zero-order valence-corrected chi connectivity index (χ0v) is 10.4. The number of carboxylic acids is 1. The number of hydrogen-bond donors (Lipinski definition) is 2. The summed E-state index contributed by atoms with van der Waals surface area (Å²) in [6, 6.07) is -0.0573. The summed E-state index contributed by atoms with van der Waals surface area (Å²) in [6.07, 6.45) is 0.187. The molecule has 0 fully saturated rings. The molecule has 0 aliphatic carbocycles. The Morgan fingerprint density at radius 1 is 1.38 bits per heavy atom. The largest absolute Gasteiger partial charge is 0.481 e. The minimum Gasteiger partial charge on any atom is -0.481 e. The van der Waals surface area contributed by atoms with Crippen molar-refractivity contribution >= 4 is 11.9 Å². The molecule has 1 amide bonds. The average Bonchev–Trinajstić information content (AvgIpc) is 1.98. The molecule has 1 unspecified atom stereocenters. The molecule has 16 heavy (non-hydrogen) atoms. The van der Waals surface area contributed by atoms with Crippen LogP contribution in [0.4, 0.5) is 0 Å². The fraction of sp³-hybridized carbons (Fsp3) is 0.818. The lowest BCUT2D eigenvalue weighted by atomic mass is 9.85. The molecule has 5 heteroatoms. The van der Waals surface area contributed by atoms with E-state index in [1.54, 1.807) is 21.0 Å². The summed E-state index contributed by atoms with van der Waals surface area (Å²) >= 11 is 0. The molecule has 0 rings (SSSR count). The first-order valence-corrected chi connectivity index (χ1v) is 5.27. The van der Waals surface area contributed by atoms with Crippen molar-refractivity contribution in [2.24, 2.45) is 5.41 Å². The number of carbonyl (C=O) groups excluding carboxylic acids is 1. The SMILES string of the molecule is COCC(C)NC(=O)CC(C)(C)CC(=O)O. The van der Waals surface area contributed by atoms with Crippen molar-refractivity contribution in [1.29, 1.82) is 0 Å². The zero-order valence-electron chi connectivity index (χ0n) is 10.4. The van der Waals surface area contributed by atoms with Gasteiger partial charge in [0.2, 0.25) is 5.91 Å². The molecule has 0 aromatic rings. The molecule has 0 aromatic heterocycles. The lowest BCUT2D eigenvalue weighted by Gasteiger charge is -2.22. The second-order valence-corrected chi connectivity index (χ2v) is 4.84. The van der Waals surface area contributed by atoms with E-state index in [1.165, 1.54) is 0 Å². The second-order valence-electron chi connectivity index (χ2n) is 4.84. The lowest BCUT2D eigenvalue weighted by molar-refractivity contribution is -0.139. The van der Waals surface area contributed by atoms with Crippen LogP contribution in [0.25, 0.3) is 0 Å². The van der Waals surface area contributed by atoms with E-state index < -0.39 is 11.4 Å². The van der Waals surface area contributed by atoms with Crippen LogP contribution in [0, 0.1) is 5.41 Å². The van der Waals surface area contributed by atoms with Crippen molar-refractivity contribution in [1.82, 2.24) is 5.32 Å². The second kappa shape index (κ2) is 6.48.